The third-order valence-corrected chi connectivity index (χ3v) is 4.29. The summed E-state index contributed by atoms with van der Waals surface area (Å²) >= 11 is 0. The Morgan fingerprint density at radius 3 is 2.18 bits per heavy atom. The van der Waals surface area contributed by atoms with E-state index in [0.717, 1.165) is 17.7 Å². The van der Waals surface area contributed by atoms with Crippen LogP contribution in [0, 0.1) is 0 Å². The van der Waals surface area contributed by atoms with Gasteiger partial charge in [0, 0.05) is 17.8 Å². The molecule has 0 heterocycles. The maximum atomic E-state index is 12.6. The van der Waals surface area contributed by atoms with E-state index in [1.807, 2.05) is 30.3 Å². The molecule has 2 amide bonds. The molecule has 178 valence electrons. The van der Waals surface area contributed by atoms with E-state index in [1.165, 1.54) is 18.2 Å². The number of carboxylic acid groups (broad SMARTS) is 1. The van der Waals surface area contributed by atoms with Crippen LogP contribution in [0.3, 0.4) is 0 Å². The van der Waals surface area contributed by atoms with Crippen LogP contribution in [0.25, 0.3) is 0 Å². The molecule has 2 rings (SSSR count). The number of hydrogen-bond donors (Lipinski definition) is 4. The lowest BCUT2D eigenvalue weighted by atomic mass is 10.0. The number of halogens is 3. The Balaban J connectivity index is 0.00000172. The predicted molar refractivity (Wildman–Crippen MR) is 118 cm³/mol. The normalized spacial score (nSPS) is 12.8. The Morgan fingerprint density at radius 1 is 1.09 bits per heavy atom. The summed E-state index contributed by atoms with van der Waals surface area (Å²) in [6.07, 6.45) is -0.424. The first-order valence-corrected chi connectivity index (χ1v) is 9.91. The predicted octanol–water partition coefficient (Wildman–Crippen LogP) is 3.37. The van der Waals surface area contributed by atoms with Crippen molar-refractivity contribution in [3.05, 3.63) is 77.9 Å². The molecule has 2 atom stereocenters. The molecule has 0 aliphatic heterocycles. The highest BCUT2D eigenvalue weighted by Gasteiger charge is 2.29. The van der Waals surface area contributed by atoms with Gasteiger partial charge in [-0.1, -0.05) is 36.4 Å². The van der Waals surface area contributed by atoms with Gasteiger partial charge < -0.3 is 21.5 Å². The standard InChI is InChI=1S/C22H24F3N3O2.CH2O2/c1-15(26)21(30)28-19(10-7-16-5-3-2-4-6-16)13-14-20(29)27-18-11-8-17(9-12-18)22(23,24)25;2-1-3/h2-6,8-9,11-15,19H,7,10,26H2,1H3,(H,27,29)(H,28,30);1H,(H,2,3)/b14-13+;/t15-,19-;/m0./s1. The lowest BCUT2D eigenvalue weighted by molar-refractivity contribution is -0.137. The van der Waals surface area contributed by atoms with Crippen LogP contribution < -0.4 is 16.4 Å². The van der Waals surface area contributed by atoms with Gasteiger partial charge in [-0.2, -0.15) is 13.2 Å². The molecule has 33 heavy (non-hydrogen) atoms. The number of anilines is 1. The van der Waals surface area contributed by atoms with Crippen molar-refractivity contribution in [3.8, 4) is 0 Å². The van der Waals surface area contributed by atoms with Gasteiger partial charge in [0.15, 0.2) is 0 Å². The molecule has 0 fully saturated rings. The number of nitrogens with two attached hydrogens (primary N) is 1. The zero-order chi connectivity index (χ0) is 24.9. The quantitative estimate of drug-likeness (QED) is 0.352. The average molecular weight is 465 g/mol. The van der Waals surface area contributed by atoms with E-state index in [2.05, 4.69) is 10.6 Å². The van der Waals surface area contributed by atoms with Crippen LogP contribution >= 0.6 is 0 Å². The number of alkyl halides is 3. The van der Waals surface area contributed by atoms with E-state index in [1.54, 1.807) is 13.0 Å². The molecule has 0 aliphatic rings. The minimum Gasteiger partial charge on any atom is -0.483 e. The van der Waals surface area contributed by atoms with Gasteiger partial charge in [-0.05, 0) is 49.6 Å². The summed E-state index contributed by atoms with van der Waals surface area (Å²) in [6.45, 7) is 1.31. The first-order valence-electron chi connectivity index (χ1n) is 9.91. The number of aryl methyl sites for hydroxylation is 1. The van der Waals surface area contributed by atoms with Crippen LogP contribution in [0.5, 0.6) is 0 Å². The molecule has 0 aromatic heterocycles. The van der Waals surface area contributed by atoms with Gasteiger partial charge in [-0.3, -0.25) is 14.4 Å². The third-order valence-electron chi connectivity index (χ3n) is 4.29. The Hall–Kier alpha value is -3.66. The lowest BCUT2D eigenvalue weighted by Crippen LogP contribution is -2.43. The molecule has 2 aromatic rings. The SMILES string of the molecule is C[C@H](N)C(=O)N[C@H](/C=C/C(=O)Nc1ccc(C(F)(F)F)cc1)CCc1ccccc1.O=CO. The summed E-state index contributed by atoms with van der Waals surface area (Å²) in [4.78, 5) is 32.4. The van der Waals surface area contributed by atoms with E-state index in [-0.39, 0.29) is 18.1 Å². The number of carbonyl (C=O) groups is 3. The molecule has 0 radical (unpaired) electrons. The molecule has 7 nitrogen and oxygen atoms in total. The number of nitrogens with one attached hydrogen (secondary N) is 2. The van der Waals surface area contributed by atoms with Crippen LogP contribution in [0.1, 0.15) is 24.5 Å². The monoisotopic (exact) mass is 465 g/mol. The summed E-state index contributed by atoms with van der Waals surface area (Å²) in [7, 11) is 0. The molecule has 10 heteroatoms. The average Bonchev–Trinajstić information content (AvgIpc) is 2.76. The van der Waals surface area contributed by atoms with Gasteiger partial charge in [0.05, 0.1) is 11.6 Å². The van der Waals surface area contributed by atoms with Crippen LogP contribution in [-0.2, 0) is 27.0 Å². The van der Waals surface area contributed by atoms with Crippen molar-refractivity contribution >= 4 is 24.0 Å². The van der Waals surface area contributed by atoms with E-state index in [9.17, 15) is 22.8 Å². The fourth-order valence-electron chi connectivity index (χ4n) is 2.63. The maximum Gasteiger partial charge on any atom is 0.416 e. The number of hydrogen-bond acceptors (Lipinski definition) is 4. The zero-order valence-electron chi connectivity index (χ0n) is 17.9. The van der Waals surface area contributed by atoms with E-state index in [4.69, 9.17) is 15.6 Å². The van der Waals surface area contributed by atoms with Gasteiger partial charge in [0.1, 0.15) is 0 Å². The first kappa shape index (κ1) is 27.4. The Kier molecular flexibility index (Phi) is 11.4. The van der Waals surface area contributed by atoms with Crippen molar-refractivity contribution in [2.45, 2.75) is 38.0 Å². The second-order valence-corrected chi connectivity index (χ2v) is 6.96. The van der Waals surface area contributed by atoms with Gasteiger partial charge in [-0.15, -0.1) is 0 Å². The number of benzene rings is 2. The Bertz CT molecular complexity index is 915. The van der Waals surface area contributed by atoms with Gasteiger partial charge in [0.25, 0.3) is 6.47 Å². The second kappa shape index (κ2) is 13.7. The molecular weight excluding hydrogens is 439 g/mol. The molecule has 0 unspecified atom stereocenters. The summed E-state index contributed by atoms with van der Waals surface area (Å²) in [5, 5.41) is 12.2. The molecule has 5 N–H and O–H groups in total. The van der Waals surface area contributed by atoms with Crippen molar-refractivity contribution in [3.63, 3.8) is 0 Å². The van der Waals surface area contributed by atoms with E-state index < -0.39 is 29.7 Å². The smallest absolute Gasteiger partial charge is 0.416 e. The van der Waals surface area contributed by atoms with Gasteiger partial charge >= 0.3 is 6.18 Å². The zero-order valence-corrected chi connectivity index (χ0v) is 17.9. The Labute approximate surface area is 189 Å². The van der Waals surface area contributed by atoms with Crippen LogP contribution in [0.4, 0.5) is 18.9 Å². The molecule has 0 saturated carbocycles. The van der Waals surface area contributed by atoms with E-state index >= 15 is 0 Å². The van der Waals surface area contributed by atoms with Crippen molar-refractivity contribution in [1.29, 1.82) is 0 Å². The number of carbonyl (C=O) groups excluding carboxylic acids is 2. The lowest BCUT2D eigenvalue weighted by Gasteiger charge is -2.17. The van der Waals surface area contributed by atoms with Crippen molar-refractivity contribution in [2.24, 2.45) is 5.73 Å². The fraction of sp³-hybridized carbons (Fsp3) is 0.261. The highest BCUT2D eigenvalue weighted by atomic mass is 19.4. The van der Waals surface area contributed by atoms with Crippen LogP contribution in [0.2, 0.25) is 0 Å². The van der Waals surface area contributed by atoms with Crippen molar-refractivity contribution < 1.29 is 32.7 Å². The topological polar surface area (TPSA) is 122 Å². The van der Waals surface area contributed by atoms with Crippen molar-refractivity contribution in [2.75, 3.05) is 5.32 Å². The van der Waals surface area contributed by atoms with Gasteiger partial charge in [-0.25, -0.2) is 0 Å². The maximum absolute atomic E-state index is 12.6. The minimum absolute atomic E-state index is 0.234. The Morgan fingerprint density at radius 2 is 1.67 bits per heavy atom. The molecule has 0 saturated heterocycles. The fourth-order valence-corrected chi connectivity index (χ4v) is 2.63. The second-order valence-electron chi connectivity index (χ2n) is 6.96. The molecule has 0 aliphatic carbocycles. The summed E-state index contributed by atoms with van der Waals surface area (Å²) in [6, 6.07) is 12.7. The van der Waals surface area contributed by atoms with Crippen LogP contribution in [-0.4, -0.2) is 35.5 Å². The number of rotatable bonds is 8. The van der Waals surface area contributed by atoms with E-state index in [0.29, 0.717) is 12.8 Å². The summed E-state index contributed by atoms with van der Waals surface area (Å²) in [5.74, 6) is -0.865. The van der Waals surface area contributed by atoms with Crippen LogP contribution in [0.15, 0.2) is 66.7 Å². The highest BCUT2D eigenvalue weighted by molar-refractivity contribution is 5.99. The molecular formula is C23H26F3N3O4. The minimum atomic E-state index is -4.44. The molecule has 0 bridgehead atoms. The van der Waals surface area contributed by atoms with Gasteiger partial charge in [0.2, 0.25) is 11.8 Å². The third kappa shape index (κ3) is 11.0. The van der Waals surface area contributed by atoms with Crippen molar-refractivity contribution in [1.82, 2.24) is 5.32 Å². The first-order chi connectivity index (χ1) is 15.6. The molecule has 0 spiro atoms. The molecule has 2 aromatic carbocycles. The highest BCUT2D eigenvalue weighted by Crippen LogP contribution is 2.29. The summed E-state index contributed by atoms with van der Waals surface area (Å²) < 4.78 is 37.8. The largest absolute Gasteiger partial charge is 0.483 e. The summed E-state index contributed by atoms with van der Waals surface area (Å²) in [5.41, 5.74) is 6.12. The number of amides is 2.